The van der Waals surface area contributed by atoms with Gasteiger partial charge < -0.3 is 25.2 Å². The lowest BCUT2D eigenvalue weighted by atomic mass is 9.95. The maximum Gasteiger partial charge on any atom is 0.154 e. The van der Waals surface area contributed by atoms with Gasteiger partial charge in [-0.1, -0.05) is 6.42 Å². The van der Waals surface area contributed by atoms with Crippen LogP contribution in [0.15, 0.2) is 12.4 Å². The first-order chi connectivity index (χ1) is 13.5. The van der Waals surface area contributed by atoms with E-state index >= 15 is 0 Å². The number of aliphatic hydroxyl groups excluding tert-OH is 3. The largest absolute Gasteiger partial charge is 0.396 e. The lowest BCUT2D eigenvalue weighted by Gasteiger charge is -2.25. The summed E-state index contributed by atoms with van der Waals surface area (Å²) >= 11 is 0. The van der Waals surface area contributed by atoms with E-state index in [1.807, 2.05) is 17.6 Å². The van der Waals surface area contributed by atoms with Gasteiger partial charge in [0, 0.05) is 17.2 Å². The Kier molecular flexibility index (Phi) is 3.48. The quantitative estimate of drug-likeness (QED) is 0.639. The molecular weight excluding hydrogens is 356 g/mol. The number of rotatable bonds is 4. The Bertz CT molecular complexity index is 945. The van der Waals surface area contributed by atoms with Crippen molar-refractivity contribution < 1.29 is 15.3 Å². The molecule has 4 fully saturated rings. The average molecular weight is 384 g/mol. The molecular formula is C21H28N4O3. The molecule has 8 atom stereocenters. The molecule has 4 aliphatic rings. The Morgan fingerprint density at radius 1 is 1.29 bits per heavy atom. The first-order valence-electron chi connectivity index (χ1n) is 10.6. The molecule has 4 N–H and O–H groups in total. The predicted octanol–water partition coefficient (Wildman–Crippen LogP) is 1.62. The molecule has 0 spiro atoms. The van der Waals surface area contributed by atoms with Gasteiger partial charge >= 0.3 is 0 Å². The maximum atomic E-state index is 10.7. The molecule has 2 aromatic heterocycles. The zero-order valence-electron chi connectivity index (χ0n) is 16.1. The van der Waals surface area contributed by atoms with Crippen molar-refractivity contribution in [3.63, 3.8) is 0 Å². The molecule has 5 unspecified atom stereocenters. The number of anilines is 1. The fourth-order valence-electron chi connectivity index (χ4n) is 6.64. The summed E-state index contributed by atoms with van der Waals surface area (Å²) in [5.41, 5.74) is 2.14. The second-order valence-corrected chi connectivity index (χ2v) is 9.69. The van der Waals surface area contributed by atoms with Gasteiger partial charge in [0.05, 0.1) is 30.6 Å². The van der Waals surface area contributed by atoms with Crippen LogP contribution in [0.5, 0.6) is 0 Å². The Morgan fingerprint density at radius 2 is 2.14 bits per heavy atom. The molecule has 2 bridgehead atoms. The molecule has 6 rings (SSSR count). The van der Waals surface area contributed by atoms with Crippen LogP contribution in [0.3, 0.4) is 0 Å². The van der Waals surface area contributed by atoms with E-state index < -0.39 is 17.6 Å². The molecule has 0 aromatic carbocycles. The molecule has 4 aliphatic carbocycles. The number of pyridine rings is 1. The van der Waals surface area contributed by atoms with E-state index in [-0.39, 0.29) is 18.6 Å². The number of aliphatic hydroxyl groups is 3. The second kappa shape index (κ2) is 5.68. The van der Waals surface area contributed by atoms with Crippen LogP contribution in [0.25, 0.3) is 11.0 Å². The van der Waals surface area contributed by atoms with Crippen molar-refractivity contribution in [2.75, 3.05) is 11.9 Å². The first-order valence-corrected chi connectivity index (χ1v) is 10.6. The molecule has 7 heteroatoms. The van der Waals surface area contributed by atoms with E-state index in [1.54, 1.807) is 6.33 Å². The van der Waals surface area contributed by atoms with Crippen LogP contribution in [0.1, 0.15) is 43.8 Å². The van der Waals surface area contributed by atoms with Crippen LogP contribution in [0.4, 0.5) is 5.82 Å². The monoisotopic (exact) mass is 384 g/mol. The highest BCUT2D eigenvalue weighted by Gasteiger charge is 2.71. The normalized spacial score (nSPS) is 43.6. The number of hydrogen-bond donors (Lipinski definition) is 4. The van der Waals surface area contributed by atoms with Gasteiger partial charge in [-0.25, -0.2) is 9.97 Å². The number of aromatic nitrogens is 3. The molecule has 2 aromatic rings. The highest BCUT2D eigenvalue weighted by Crippen LogP contribution is 2.67. The van der Waals surface area contributed by atoms with Gasteiger partial charge in [0.25, 0.3) is 0 Å². The van der Waals surface area contributed by atoms with Crippen molar-refractivity contribution in [1.29, 1.82) is 0 Å². The van der Waals surface area contributed by atoms with Crippen LogP contribution < -0.4 is 5.32 Å². The summed E-state index contributed by atoms with van der Waals surface area (Å²) < 4.78 is 2.00. The fourth-order valence-corrected chi connectivity index (χ4v) is 6.64. The summed E-state index contributed by atoms with van der Waals surface area (Å²) in [5, 5.41) is 34.6. The molecule has 0 radical (unpaired) electrons. The molecule has 0 amide bonds. The molecule has 0 saturated heterocycles. The van der Waals surface area contributed by atoms with Gasteiger partial charge in [-0.15, -0.1) is 0 Å². The van der Waals surface area contributed by atoms with E-state index in [0.29, 0.717) is 6.04 Å². The van der Waals surface area contributed by atoms with E-state index in [4.69, 9.17) is 4.98 Å². The SMILES string of the molecule is Cc1cc2c(ncn2[C@@H]2C3C[C@@]3(CO)C(O)[C@H]2O)c(NC2CC3CCC2C3)n1. The minimum atomic E-state index is -0.890. The van der Waals surface area contributed by atoms with Crippen LogP contribution in [-0.2, 0) is 0 Å². The van der Waals surface area contributed by atoms with Crippen LogP contribution in [0.2, 0.25) is 0 Å². The Hall–Kier alpha value is -1.70. The van der Waals surface area contributed by atoms with Gasteiger partial charge in [-0.2, -0.15) is 0 Å². The topological polar surface area (TPSA) is 103 Å². The summed E-state index contributed by atoms with van der Waals surface area (Å²) in [7, 11) is 0. The standard InChI is InChI=1S/C21H28N4O3/c1-10-4-15-16(20(23-10)24-14-6-11-2-3-12(14)5-11)22-9-25(15)17-13-7-21(13,8-26)19(28)18(17)27/h4,9,11-14,17-19,26-28H,2-3,5-8H2,1H3,(H,23,24)/t11?,12?,13?,14?,17-,18+,19?,21+/m1/s1. The van der Waals surface area contributed by atoms with Gasteiger partial charge in [-0.3, -0.25) is 0 Å². The summed E-state index contributed by atoms with van der Waals surface area (Å²) in [6.07, 6.45) is 5.96. The number of nitrogens with one attached hydrogen (secondary N) is 1. The minimum absolute atomic E-state index is 0.0790. The van der Waals surface area contributed by atoms with Gasteiger partial charge in [0.15, 0.2) is 5.82 Å². The second-order valence-electron chi connectivity index (χ2n) is 9.69. The third-order valence-electron chi connectivity index (χ3n) is 8.22. The smallest absolute Gasteiger partial charge is 0.154 e. The van der Waals surface area contributed by atoms with E-state index in [0.717, 1.165) is 40.8 Å². The highest BCUT2D eigenvalue weighted by atomic mass is 16.3. The lowest BCUT2D eigenvalue weighted by molar-refractivity contribution is -0.0300. The third-order valence-corrected chi connectivity index (χ3v) is 8.22. The summed E-state index contributed by atoms with van der Waals surface area (Å²) in [4.78, 5) is 9.39. The first kappa shape index (κ1) is 17.2. The fraction of sp³-hybridized carbons (Fsp3) is 0.714. The Balaban J connectivity index is 1.37. The summed E-state index contributed by atoms with van der Waals surface area (Å²) in [6, 6.07) is 2.23. The maximum absolute atomic E-state index is 10.7. The molecule has 28 heavy (non-hydrogen) atoms. The number of imidazole rings is 1. The van der Waals surface area contributed by atoms with Crippen molar-refractivity contribution >= 4 is 16.9 Å². The van der Waals surface area contributed by atoms with Crippen molar-refractivity contribution in [3.8, 4) is 0 Å². The minimum Gasteiger partial charge on any atom is -0.396 e. The lowest BCUT2D eigenvalue weighted by Crippen LogP contribution is -2.35. The Labute approximate surface area is 163 Å². The van der Waals surface area contributed by atoms with Crippen LogP contribution >= 0.6 is 0 Å². The summed E-state index contributed by atoms with van der Waals surface area (Å²) in [5.74, 6) is 2.52. The number of nitrogens with zero attached hydrogens (tertiary/aromatic N) is 3. The van der Waals surface area contributed by atoms with E-state index in [9.17, 15) is 15.3 Å². The number of aryl methyl sites for hydroxylation is 1. The van der Waals surface area contributed by atoms with Crippen molar-refractivity contribution in [3.05, 3.63) is 18.1 Å². The molecule has 7 nitrogen and oxygen atoms in total. The Morgan fingerprint density at radius 3 is 2.82 bits per heavy atom. The van der Waals surface area contributed by atoms with Crippen molar-refractivity contribution in [1.82, 2.24) is 14.5 Å². The van der Waals surface area contributed by atoms with E-state index in [1.165, 1.54) is 25.7 Å². The zero-order valence-corrected chi connectivity index (χ0v) is 16.1. The molecule has 150 valence electrons. The van der Waals surface area contributed by atoms with Crippen LogP contribution in [0, 0.1) is 30.1 Å². The molecule has 2 heterocycles. The summed E-state index contributed by atoms with van der Waals surface area (Å²) in [6.45, 7) is 1.90. The van der Waals surface area contributed by atoms with Gasteiger partial charge in [0.2, 0.25) is 0 Å². The zero-order chi connectivity index (χ0) is 19.2. The highest BCUT2D eigenvalue weighted by molar-refractivity contribution is 5.86. The van der Waals surface area contributed by atoms with E-state index in [2.05, 4.69) is 10.3 Å². The number of fused-ring (bicyclic) bond motifs is 4. The van der Waals surface area contributed by atoms with Gasteiger partial charge in [-0.05, 0) is 56.4 Å². The molecule has 4 saturated carbocycles. The molecule has 0 aliphatic heterocycles. The van der Waals surface area contributed by atoms with Crippen molar-refractivity contribution in [2.45, 2.75) is 63.3 Å². The third kappa shape index (κ3) is 2.15. The average Bonchev–Trinajstić information content (AvgIpc) is 3.04. The van der Waals surface area contributed by atoms with Gasteiger partial charge in [0.1, 0.15) is 11.6 Å². The van der Waals surface area contributed by atoms with Crippen LogP contribution in [-0.4, -0.2) is 54.7 Å². The van der Waals surface area contributed by atoms with Crippen molar-refractivity contribution in [2.24, 2.45) is 23.2 Å². The number of hydrogen-bond acceptors (Lipinski definition) is 6. The predicted molar refractivity (Wildman–Crippen MR) is 104 cm³/mol.